The lowest BCUT2D eigenvalue weighted by atomic mass is 9.96. The molecule has 3 aliphatic rings. The average molecular weight is 604 g/mol. The molecule has 3 amide bonds. The van der Waals surface area contributed by atoms with Crippen molar-refractivity contribution in [2.45, 2.75) is 84.2 Å². The Kier molecular flexibility index (Phi) is 10.4. The maximum Gasteiger partial charge on any atom is 0.331 e. The number of rotatable bonds is 11. The van der Waals surface area contributed by atoms with Crippen LogP contribution in [0.5, 0.6) is 11.5 Å². The largest absolute Gasteiger partial charge is 0.494 e. The van der Waals surface area contributed by atoms with E-state index in [9.17, 15) is 14.4 Å². The first-order valence-electron chi connectivity index (χ1n) is 15.9. The Labute approximate surface area is 260 Å². The maximum atomic E-state index is 13.1. The van der Waals surface area contributed by atoms with Gasteiger partial charge in [0.2, 0.25) is 11.9 Å². The van der Waals surface area contributed by atoms with E-state index in [1.54, 1.807) is 4.90 Å². The van der Waals surface area contributed by atoms with Crippen LogP contribution in [0.15, 0.2) is 41.4 Å². The number of carbonyl (C=O) groups excluding carboxylic acids is 3. The third-order valence-corrected chi connectivity index (χ3v) is 8.51. The first-order chi connectivity index (χ1) is 21.2. The number of nitrogens with one attached hydrogen (secondary N) is 2. The summed E-state index contributed by atoms with van der Waals surface area (Å²) in [6.45, 7) is 5.31. The minimum atomic E-state index is -0.447. The molecule has 2 saturated carbocycles. The van der Waals surface area contributed by atoms with Crippen molar-refractivity contribution in [3.05, 3.63) is 53.1 Å². The van der Waals surface area contributed by atoms with Gasteiger partial charge in [0.25, 0.3) is 0 Å². The Balaban J connectivity index is 1.23. The number of para-hydroxylation sites is 1. The summed E-state index contributed by atoms with van der Waals surface area (Å²) in [7, 11) is 1.87. The van der Waals surface area contributed by atoms with Gasteiger partial charge in [-0.15, -0.1) is 0 Å². The number of ether oxygens (including phenoxy) is 2. The lowest BCUT2D eigenvalue weighted by Gasteiger charge is -2.30. The monoisotopic (exact) mass is 603 g/mol. The van der Waals surface area contributed by atoms with Gasteiger partial charge in [0.1, 0.15) is 18.0 Å². The lowest BCUT2D eigenvalue weighted by molar-refractivity contribution is -0.135. The summed E-state index contributed by atoms with van der Waals surface area (Å²) in [6.07, 6.45) is 8.85. The van der Waals surface area contributed by atoms with Crippen LogP contribution in [0.25, 0.3) is 0 Å². The molecule has 2 aliphatic carbocycles. The summed E-state index contributed by atoms with van der Waals surface area (Å²) in [6, 6.07) is 11.1. The predicted octanol–water partition coefficient (Wildman–Crippen LogP) is 5.37. The van der Waals surface area contributed by atoms with Crippen molar-refractivity contribution in [3.63, 3.8) is 0 Å². The fraction of sp³-hybridized carbons (Fsp3) is 0.529. The van der Waals surface area contributed by atoms with Gasteiger partial charge in [-0.2, -0.15) is 0 Å². The number of amides is 3. The molecule has 0 saturated heterocycles. The third kappa shape index (κ3) is 8.74. The second-order valence-corrected chi connectivity index (χ2v) is 12.4. The number of guanidine groups is 1. The Hall–Kier alpha value is -4.08. The van der Waals surface area contributed by atoms with Crippen molar-refractivity contribution in [1.29, 1.82) is 0 Å². The number of aryl methyl sites for hydroxylation is 2. The first-order valence-corrected chi connectivity index (χ1v) is 15.9. The molecule has 44 heavy (non-hydrogen) atoms. The summed E-state index contributed by atoms with van der Waals surface area (Å²) in [4.78, 5) is 46.8. The molecule has 5 rings (SSSR count). The molecule has 1 heterocycles. The molecule has 2 fully saturated rings. The van der Waals surface area contributed by atoms with Gasteiger partial charge in [-0.1, -0.05) is 37.5 Å². The highest BCUT2D eigenvalue weighted by atomic mass is 16.5. The molecule has 10 heteroatoms. The molecular weight excluding hydrogens is 558 g/mol. The van der Waals surface area contributed by atoms with Gasteiger partial charge in [0, 0.05) is 38.2 Å². The van der Waals surface area contributed by atoms with E-state index in [4.69, 9.17) is 14.5 Å². The number of carbonyl (C=O) groups is 3. The zero-order chi connectivity index (χ0) is 31.1. The van der Waals surface area contributed by atoms with E-state index in [0.29, 0.717) is 55.1 Å². The van der Waals surface area contributed by atoms with Gasteiger partial charge in [0.05, 0.1) is 12.3 Å². The van der Waals surface area contributed by atoms with Crippen LogP contribution in [0.2, 0.25) is 0 Å². The van der Waals surface area contributed by atoms with E-state index >= 15 is 0 Å². The molecule has 236 valence electrons. The molecule has 0 unspecified atom stereocenters. The van der Waals surface area contributed by atoms with Gasteiger partial charge in [-0.05, 0) is 81.2 Å². The Morgan fingerprint density at radius 3 is 2.50 bits per heavy atom. The van der Waals surface area contributed by atoms with Gasteiger partial charge in [-0.25, -0.2) is 14.6 Å². The highest BCUT2D eigenvalue weighted by molar-refractivity contribution is 5.99. The fourth-order valence-electron chi connectivity index (χ4n) is 5.82. The molecule has 10 nitrogen and oxygen atoms in total. The van der Waals surface area contributed by atoms with Crippen molar-refractivity contribution >= 4 is 29.6 Å². The average Bonchev–Trinajstić information content (AvgIpc) is 3.82. The van der Waals surface area contributed by atoms with E-state index in [1.807, 2.05) is 62.2 Å². The van der Waals surface area contributed by atoms with Crippen LogP contribution in [0, 0.1) is 19.8 Å². The zero-order valence-corrected chi connectivity index (χ0v) is 26.2. The summed E-state index contributed by atoms with van der Waals surface area (Å²) in [5, 5.41) is 5.95. The second-order valence-electron chi connectivity index (χ2n) is 12.4. The van der Waals surface area contributed by atoms with Crippen molar-refractivity contribution in [2.75, 3.05) is 26.7 Å². The third-order valence-electron chi connectivity index (χ3n) is 8.51. The molecule has 2 N–H and O–H groups in total. The maximum absolute atomic E-state index is 13.1. The summed E-state index contributed by atoms with van der Waals surface area (Å²) >= 11 is 0. The number of benzene rings is 2. The number of hydrogen-bond acceptors (Lipinski definition) is 7. The topological polar surface area (TPSA) is 113 Å². The Morgan fingerprint density at radius 1 is 1.02 bits per heavy atom. The number of esters is 1. The minimum absolute atomic E-state index is 0.0999. The molecular formula is C34H45N5O5. The normalized spacial score (nSPS) is 16.4. The molecule has 0 bridgehead atoms. The second kappa shape index (κ2) is 14.6. The number of nitrogens with zero attached hydrogens (tertiary/aromatic N) is 3. The van der Waals surface area contributed by atoms with E-state index < -0.39 is 5.97 Å². The highest BCUT2D eigenvalue weighted by Gasteiger charge is 2.27. The quantitative estimate of drug-likeness (QED) is 0.203. The Morgan fingerprint density at radius 2 is 1.77 bits per heavy atom. The standard InChI is InChI=1S/C34H45N5O5/c1-23-9-7-10-24(2)32(23)44-31(41)22-39-21-26-19-28(43-18-8-13-30(40)38(3)20-25-14-15-25)16-17-29(26)36-33(39)37-34(42)35-27-11-5-4-6-12-27/h7,9-10,16-17,19,25,27H,4-6,8,11-15,18,20-22H2,1-3H3,(H2,35,36,37,42). The van der Waals surface area contributed by atoms with Crippen molar-refractivity contribution < 1.29 is 23.9 Å². The molecule has 0 aromatic heterocycles. The molecule has 2 aromatic carbocycles. The number of aliphatic imine (C=N–C) groups is 1. The van der Waals surface area contributed by atoms with Crippen LogP contribution in [0.4, 0.5) is 10.5 Å². The number of urea groups is 1. The molecule has 2 aromatic rings. The fourth-order valence-corrected chi connectivity index (χ4v) is 5.82. The van der Waals surface area contributed by atoms with Crippen LogP contribution < -0.4 is 20.1 Å². The van der Waals surface area contributed by atoms with E-state index in [0.717, 1.165) is 48.9 Å². The molecule has 0 atom stereocenters. The van der Waals surface area contributed by atoms with Gasteiger partial charge >= 0.3 is 12.0 Å². The summed E-state index contributed by atoms with van der Waals surface area (Å²) < 4.78 is 11.8. The van der Waals surface area contributed by atoms with Crippen LogP contribution in [-0.2, 0) is 16.1 Å². The van der Waals surface area contributed by atoms with E-state index in [-0.39, 0.29) is 24.5 Å². The molecule has 0 spiro atoms. The minimum Gasteiger partial charge on any atom is -0.494 e. The van der Waals surface area contributed by atoms with Gasteiger partial charge in [-0.3, -0.25) is 10.1 Å². The highest BCUT2D eigenvalue weighted by Crippen LogP contribution is 2.31. The predicted molar refractivity (Wildman–Crippen MR) is 169 cm³/mol. The van der Waals surface area contributed by atoms with Crippen LogP contribution in [0.3, 0.4) is 0 Å². The smallest absolute Gasteiger partial charge is 0.331 e. The lowest BCUT2D eigenvalue weighted by Crippen LogP contribution is -2.52. The van der Waals surface area contributed by atoms with Crippen molar-refractivity contribution in [2.24, 2.45) is 10.9 Å². The van der Waals surface area contributed by atoms with E-state index in [2.05, 4.69) is 10.6 Å². The Bertz CT molecular complexity index is 1360. The first kappa shape index (κ1) is 31.3. The summed E-state index contributed by atoms with van der Waals surface area (Å²) in [5.74, 6) is 1.89. The zero-order valence-electron chi connectivity index (χ0n) is 26.2. The van der Waals surface area contributed by atoms with Crippen LogP contribution in [0.1, 0.15) is 74.5 Å². The van der Waals surface area contributed by atoms with Crippen molar-refractivity contribution in [1.82, 2.24) is 20.4 Å². The van der Waals surface area contributed by atoms with Crippen LogP contribution >= 0.6 is 0 Å². The number of hydrogen-bond donors (Lipinski definition) is 2. The molecule has 1 aliphatic heterocycles. The SMILES string of the molecule is Cc1cccc(C)c1OC(=O)CN1Cc2cc(OCCCC(=O)N(C)CC3CC3)ccc2N=C1NC(=O)NC1CCCCC1. The van der Waals surface area contributed by atoms with E-state index in [1.165, 1.54) is 19.3 Å². The van der Waals surface area contributed by atoms with Crippen molar-refractivity contribution in [3.8, 4) is 11.5 Å². The van der Waals surface area contributed by atoms with Gasteiger partial charge in [0.15, 0.2) is 0 Å². The number of fused-ring (bicyclic) bond motifs is 1. The van der Waals surface area contributed by atoms with Gasteiger partial charge < -0.3 is 24.6 Å². The molecule has 0 radical (unpaired) electrons. The van der Waals surface area contributed by atoms with Crippen LogP contribution in [-0.4, -0.2) is 66.5 Å². The summed E-state index contributed by atoms with van der Waals surface area (Å²) in [5.41, 5.74) is 3.31.